The Labute approximate surface area is 111 Å². The van der Waals surface area contributed by atoms with Gasteiger partial charge in [0.25, 0.3) is 0 Å². The summed E-state index contributed by atoms with van der Waals surface area (Å²) < 4.78 is 5.64. The maximum Gasteiger partial charge on any atom is 0.324 e. The molecule has 0 atom stereocenters. The van der Waals surface area contributed by atoms with E-state index in [1.54, 1.807) is 12.1 Å². The first kappa shape index (κ1) is 11.8. The standard InChI is InChI=1S/C14H11BN2O2/c1-16-11-2-5-14(17-9-11)19-12-3-4-13-10(8-12)6-7-15(13)18/h2-5,8-9,18H,6-7H2. The van der Waals surface area contributed by atoms with Gasteiger partial charge in [0.05, 0.1) is 6.57 Å². The second-order valence-corrected chi connectivity index (χ2v) is 4.48. The van der Waals surface area contributed by atoms with Gasteiger partial charge in [0.15, 0.2) is 0 Å². The fourth-order valence-corrected chi connectivity index (χ4v) is 2.25. The van der Waals surface area contributed by atoms with Crippen LogP contribution in [-0.2, 0) is 6.42 Å². The van der Waals surface area contributed by atoms with Gasteiger partial charge in [-0.15, -0.1) is 0 Å². The molecule has 19 heavy (non-hydrogen) atoms. The molecule has 0 radical (unpaired) electrons. The molecule has 5 heteroatoms. The molecule has 1 aromatic heterocycles. The number of aromatic nitrogens is 1. The molecule has 2 heterocycles. The Hall–Kier alpha value is -2.32. The average Bonchev–Trinajstić information content (AvgIpc) is 2.81. The molecule has 1 N–H and O–H groups in total. The number of hydrogen-bond acceptors (Lipinski definition) is 3. The van der Waals surface area contributed by atoms with E-state index < -0.39 is 0 Å². The van der Waals surface area contributed by atoms with Crippen LogP contribution >= 0.6 is 0 Å². The van der Waals surface area contributed by atoms with Crippen LogP contribution < -0.4 is 10.2 Å². The molecule has 3 rings (SSSR count). The monoisotopic (exact) mass is 250 g/mol. The van der Waals surface area contributed by atoms with Gasteiger partial charge in [0.1, 0.15) is 5.75 Å². The van der Waals surface area contributed by atoms with Crippen molar-refractivity contribution in [2.45, 2.75) is 12.7 Å². The van der Waals surface area contributed by atoms with Crippen LogP contribution in [0.2, 0.25) is 6.32 Å². The summed E-state index contributed by atoms with van der Waals surface area (Å²) in [4.78, 5) is 7.35. The predicted octanol–water partition coefficient (Wildman–Crippen LogP) is 2.17. The minimum absolute atomic E-state index is 0.347. The molecule has 4 nitrogen and oxygen atoms in total. The Bertz CT molecular complexity index is 649. The Kier molecular flexibility index (Phi) is 2.94. The number of fused-ring (bicyclic) bond motifs is 1. The summed E-state index contributed by atoms with van der Waals surface area (Å²) in [7, 11) is 0. The lowest BCUT2D eigenvalue weighted by atomic mass is 9.63. The van der Waals surface area contributed by atoms with Crippen LogP contribution in [0.15, 0.2) is 36.5 Å². The second kappa shape index (κ2) is 4.75. The zero-order valence-corrected chi connectivity index (χ0v) is 10.2. The molecule has 0 saturated heterocycles. The molecule has 2 aromatic rings. The highest BCUT2D eigenvalue weighted by Crippen LogP contribution is 2.24. The summed E-state index contributed by atoms with van der Waals surface area (Å²) in [6.07, 6.45) is 3.13. The molecule has 0 spiro atoms. The van der Waals surface area contributed by atoms with E-state index in [0.717, 1.165) is 23.8 Å². The highest BCUT2D eigenvalue weighted by Gasteiger charge is 2.24. The number of aryl methyl sites for hydroxylation is 1. The van der Waals surface area contributed by atoms with Crippen molar-refractivity contribution in [3.05, 3.63) is 53.5 Å². The van der Waals surface area contributed by atoms with Crippen molar-refractivity contribution in [1.29, 1.82) is 0 Å². The van der Waals surface area contributed by atoms with Crippen molar-refractivity contribution in [2.75, 3.05) is 0 Å². The molecule has 0 aliphatic carbocycles. The van der Waals surface area contributed by atoms with Crippen LogP contribution in [0.3, 0.4) is 0 Å². The fourth-order valence-electron chi connectivity index (χ4n) is 2.25. The average molecular weight is 250 g/mol. The molecule has 0 unspecified atom stereocenters. The van der Waals surface area contributed by atoms with Gasteiger partial charge in [-0.25, -0.2) is 9.83 Å². The predicted molar refractivity (Wildman–Crippen MR) is 73.1 cm³/mol. The number of ether oxygens (including phenoxy) is 1. The maximum atomic E-state index is 9.74. The minimum Gasteiger partial charge on any atom is -0.446 e. The zero-order chi connectivity index (χ0) is 13.2. The van der Waals surface area contributed by atoms with Gasteiger partial charge in [-0.05, 0) is 48.0 Å². The quantitative estimate of drug-likeness (QED) is 0.656. The third-order valence-corrected chi connectivity index (χ3v) is 3.23. The first-order valence-electron chi connectivity index (χ1n) is 6.08. The van der Waals surface area contributed by atoms with Crippen molar-refractivity contribution >= 4 is 18.1 Å². The summed E-state index contributed by atoms with van der Waals surface area (Å²) >= 11 is 0. The molecule has 0 fully saturated rings. The summed E-state index contributed by atoms with van der Waals surface area (Å²) in [5.74, 6) is 1.17. The van der Waals surface area contributed by atoms with Crippen LogP contribution in [0.4, 0.5) is 5.69 Å². The van der Waals surface area contributed by atoms with E-state index in [1.165, 1.54) is 6.20 Å². The van der Waals surface area contributed by atoms with Gasteiger partial charge in [0.2, 0.25) is 11.6 Å². The van der Waals surface area contributed by atoms with Crippen molar-refractivity contribution in [3.63, 3.8) is 0 Å². The molecule has 1 aliphatic heterocycles. The summed E-state index contributed by atoms with van der Waals surface area (Å²) in [5.41, 5.74) is 2.61. The van der Waals surface area contributed by atoms with Crippen molar-refractivity contribution < 1.29 is 9.76 Å². The third kappa shape index (κ3) is 2.31. The molecule has 0 amide bonds. The van der Waals surface area contributed by atoms with E-state index in [-0.39, 0.29) is 6.92 Å². The molecule has 92 valence electrons. The Morgan fingerprint density at radius 2 is 2.21 bits per heavy atom. The lowest BCUT2D eigenvalue weighted by Gasteiger charge is -2.07. The lowest BCUT2D eigenvalue weighted by molar-refractivity contribution is 0.463. The Morgan fingerprint density at radius 3 is 2.95 bits per heavy atom. The topological polar surface area (TPSA) is 46.7 Å². The third-order valence-electron chi connectivity index (χ3n) is 3.23. The highest BCUT2D eigenvalue weighted by molar-refractivity contribution is 6.68. The molecule has 0 saturated carbocycles. The van der Waals surface area contributed by atoms with E-state index in [9.17, 15) is 5.02 Å². The first-order chi connectivity index (χ1) is 9.26. The van der Waals surface area contributed by atoms with E-state index in [1.807, 2.05) is 18.2 Å². The number of rotatable bonds is 2. The lowest BCUT2D eigenvalue weighted by Crippen LogP contribution is -2.25. The molecule has 0 bridgehead atoms. The van der Waals surface area contributed by atoms with Crippen molar-refractivity contribution in [2.24, 2.45) is 0 Å². The number of benzene rings is 1. The highest BCUT2D eigenvalue weighted by atomic mass is 16.5. The largest absolute Gasteiger partial charge is 0.446 e. The fraction of sp³-hybridized carbons (Fsp3) is 0.143. The van der Waals surface area contributed by atoms with Crippen LogP contribution in [0.1, 0.15) is 5.56 Å². The van der Waals surface area contributed by atoms with Crippen molar-refractivity contribution in [3.8, 4) is 11.6 Å². The SMILES string of the molecule is [C-]#[N+]c1ccc(Oc2ccc3c(c2)CCB3O)nc1. The molecule has 1 aromatic carbocycles. The number of nitrogens with zero attached hydrogens (tertiary/aromatic N) is 2. The number of pyridine rings is 1. The maximum absolute atomic E-state index is 9.74. The van der Waals surface area contributed by atoms with Crippen LogP contribution in [0, 0.1) is 6.57 Å². The molecule has 1 aliphatic rings. The first-order valence-corrected chi connectivity index (χ1v) is 6.08. The molecular weight excluding hydrogens is 239 g/mol. The van der Waals surface area contributed by atoms with Gasteiger partial charge in [0, 0.05) is 6.20 Å². The second-order valence-electron chi connectivity index (χ2n) is 4.48. The smallest absolute Gasteiger partial charge is 0.324 e. The van der Waals surface area contributed by atoms with Crippen LogP contribution in [0.25, 0.3) is 4.85 Å². The Balaban J connectivity index is 1.82. The van der Waals surface area contributed by atoms with Crippen molar-refractivity contribution in [1.82, 2.24) is 4.98 Å². The normalized spacial score (nSPS) is 12.9. The van der Waals surface area contributed by atoms with Gasteiger partial charge < -0.3 is 9.76 Å². The van der Waals surface area contributed by atoms with Gasteiger partial charge in [-0.3, -0.25) is 0 Å². The van der Waals surface area contributed by atoms with E-state index in [2.05, 4.69) is 9.83 Å². The van der Waals surface area contributed by atoms with Crippen LogP contribution in [-0.4, -0.2) is 16.9 Å². The summed E-state index contributed by atoms with van der Waals surface area (Å²) in [6.45, 7) is 6.51. The number of hydrogen-bond donors (Lipinski definition) is 1. The summed E-state index contributed by atoms with van der Waals surface area (Å²) in [5, 5.41) is 9.74. The van der Waals surface area contributed by atoms with Crippen LogP contribution in [0.5, 0.6) is 11.6 Å². The van der Waals surface area contributed by atoms with E-state index >= 15 is 0 Å². The van der Waals surface area contributed by atoms with E-state index in [0.29, 0.717) is 17.3 Å². The van der Waals surface area contributed by atoms with Gasteiger partial charge >= 0.3 is 6.92 Å². The zero-order valence-electron chi connectivity index (χ0n) is 10.2. The Morgan fingerprint density at radius 1 is 1.32 bits per heavy atom. The molecular formula is C14H11BN2O2. The summed E-state index contributed by atoms with van der Waals surface area (Å²) in [6, 6.07) is 9.02. The minimum atomic E-state index is -0.347. The van der Waals surface area contributed by atoms with E-state index in [4.69, 9.17) is 11.3 Å². The van der Waals surface area contributed by atoms with Gasteiger partial charge in [-0.1, -0.05) is 6.07 Å². The van der Waals surface area contributed by atoms with Gasteiger partial charge in [-0.2, -0.15) is 0 Å².